The van der Waals surface area contributed by atoms with E-state index in [-0.39, 0.29) is 24.0 Å². The van der Waals surface area contributed by atoms with E-state index < -0.39 is 24.0 Å². The van der Waals surface area contributed by atoms with E-state index in [1.165, 1.54) is 7.11 Å². The molecule has 2 N–H and O–H groups in total. The maximum Gasteiger partial charge on any atom is 0.343 e. The summed E-state index contributed by atoms with van der Waals surface area (Å²) in [5.41, 5.74) is 1.68. The number of urea groups is 1. The van der Waals surface area contributed by atoms with Crippen molar-refractivity contribution >= 4 is 18.0 Å². The molecule has 1 heterocycles. The van der Waals surface area contributed by atoms with Crippen molar-refractivity contribution in [3.05, 3.63) is 70.9 Å². The van der Waals surface area contributed by atoms with Gasteiger partial charge in [-0.25, -0.2) is 14.4 Å². The van der Waals surface area contributed by atoms with E-state index in [0.29, 0.717) is 22.4 Å². The highest BCUT2D eigenvalue weighted by molar-refractivity contribution is 5.95. The molecule has 0 spiro atoms. The summed E-state index contributed by atoms with van der Waals surface area (Å²) < 4.78 is 16.3. The summed E-state index contributed by atoms with van der Waals surface area (Å²) in [5, 5.41) is 5.36. The van der Waals surface area contributed by atoms with Gasteiger partial charge in [-0.2, -0.15) is 0 Å². The van der Waals surface area contributed by atoms with Crippen molar-refractivity contribution in [3.8, 4) is 11.5 Å². The molecule has 1 unspecified atom stereocenters. The SMILES string of the molecule is COc1cc(C2NC(=O)NC(C)=C2C(=O)OCC(C)C)ccc1OC(=O)c1ccccc1. The Morgan fingerprint density at radius 2 is 1.75 bits per heavy atom. The lowest BCUT2D eigenvalue weighted by atomic mass is 9.95. The van der Waals surface area contributed by atoms with Gasteiger partial charge in [0.25, 0.3) is 0 Å². The largest absolute Gasteiger partial charge is 0.493 e. The molecule has 8 heteroatoms. The number of carbonyl (C=O) groups is 3. The first kappa shape index (κ1) is 22.9. The Morgan fingerprint density at radius 1 is 1.03 bits per heavy atom. The molecule has 1 aliphatic rings. The highest BCUT2D eigenvalue weighted by atomic mass is 16.6. The molecule has 8 nitrogen and oxygen atoms in total. The van der Waals surface area contributed by atoms with E-state index in [9.17, 15) is 14.4 Å². The van der Waals surface area contributed by atoms with Crippen LogP contribution in [0.25, 0.3) is 0 Å². The zero-order valence-electron chi connectivity index (χ0n) is 18.4. The molecule has 0 saturated heterocycles. The van der Waals surface area contributed by atoms with Crippen LogP contribution in [0.5, 0.6) is 11.5 Å². The molecule has 1 aliphatic heterocycles. The van der Waals surface area contributed by atoms with E-state index in [2.05, 4.69) is 10.6 Å². The summed E-state index contributed by atoms with van der Waals surface area (Å²) in [6.45, 7) is 5.78. The predicted octanol–water partition coefficient (Wildman–Crippen LogP) is 3.74. The molecule has 0 saturated carbocycles. The van der Waals surface area contributed by atoms with Crippen LogP contribution in [-0.4, -0.2) is 31.7 Å². The fourth-order valence-electron chi connectivity index (χ4n) is 3.22. The molecular formula is C24H26N2O6. The van der Waals surface area contributed by atoms with Gasteiger partial charge in [-0.1, -0.05) is 38.1 Å². The number of hydrogen-bond donors (Lipinski definition) is 2. The van der Waals surface area contributed by atoms with Gasteiger partial charge < -0.3 is 24.8 Å². The number of esters is 2. The van der Waals surface area contributed by atoms with Crippen molar-refractivity contribution in [2.24, 2.45) is 5.92 Å². The van der Waals surface area contributed by atoms with E-state index in [1.54, 1.807) is 55.5 Å². The number of benzene rings is 2. The molecule has 0 aliphatic carbocycles. The van der Waals surface area contributed by atoms with Crippen LogP contribution in [0.1, 0.15) is 42.7 Å². The monoisotopic (exact) mass is 438 g/mol. The van der Waals surface area contributed by atoms with Crippen LogP contribution in [0.15, 0.2) is 59.8 Å². The standard InChI is InChI=1S/C24H26N2O6/c1-14(2)13-31-23(28)20-15(3)25-24(29)26-21(20)17-10-11-18(19(12-17)30-4)32-22(27)16-8-6-5-7-9-16/h5-12,14,21H,13H2,1-4H3,(H2,25,26,29). The second-order valence-corrected chi connectivity index (χ2v) is 7.73. The maximum atomic E-state index is 12.8. The average molecular weight is 438 g/mol. The van der Waals surface area contributed by atoms with Gasteiger partial charge in [0.15, 0.2) is 11.5 Å². The Hall–Kier alpha value is -3.81. The molecular weight excluding hydrogens is 412 g/mol. The van der Waals surface area contributed by atoms with Gasteiger partial charge in [0.1, 0.15) is 0 Å². The van der Waals surface area contributed by atoms with Gasteiger partial charge >= 0.3 is 18.0 Å². The molecule has 2 amide bonds. The quantitative estimate of drug-likeness (QED) is 0.504. The predicted molar refractivity (Wildman–Crippen MR) is 117 cm³/mol. The fraction of sp³-hybridized carbons (Fsp3) is 0.292. The van der Waals surface area contributed by atoms with Crippen LogP contribution in [0.3, 0.4) is 0 Å². The lowest BCUT2D eigenvalue weighted by molar-refractivity contribution is -0.140. The molecule has 0 radical (unpaired) electrons. The fourth-order valence-corrected chi connectivity index (χ4v) is 3.22. The van der Waals surface area contributed by atoms with E-state index >= 15 is 0 Å². The maximum absolute atomic E-state index is 12.8. The minimum Gasteiger partial charge on any atom is -0.493 e. The number of ether oxygens (including phenoxy) is 3. The second kappa shape index (κ2) is 10.00. The zero-order valence-corrected chi connectivity index (χ0v) is 18.4. The molecule has 3 rings (SSSR count). The van der Waals surface area contributed by atoms with Crippen molar-refractivity contribution in [2.45, 2.75) is 26.8 Å². The van der Waals surface area contributed by atoms with Gasteiger partial charge in [0, 0.05) is 5.70 Å². The molecule has 168 valence electrons. The van der Waals surface area contributed by atoms with Crippen molar-refractivity contribution < 1.29 is 28.6 Å². The first-order valence-electron chi connectivity index (χ1n) is 10.2. The summed E-state index contributed by atoms with van der Waals surface area (Å²) in [7, 11) is 1.44. The van der Waals surface area contributed by atoms with Crippen LogP contribution in [0.2, 0.25) is 0 Å². The van der Waals surface area contributed by atoms with Gasteiger partial charge in [0.05, 0.1) is 30.9 Å². The number of allylic oxidation sites excluding steroid dienone is 1. The van der Waals surface area contributed by atoms with Crippen molar-refractivity contribution in [3.63, 3.8) is 0 Å². The normalized spacial score (nSPS) is 15.7. The number of amides is 2. The lowest BCUT2D eigenvalue weighted by Gasteiger charge is -2.28. The van der Waals surface area contributed by atoms with Gasteiger partial charge in [-0.3, -0.25) is 0 Å². The molecule has 1 atom stereocenters. The van der Waals surface area contributed by atoms with Crippen LogP contribution in [0, 0.1) is 5.92 Å². The summed E-state index contributed by atoms with van der Waals surface area (Å²) in [6, 6.07) is 12.2. The highest BCUT2D eigenvalue weighted by Crippen LogP contribution is 2.35. The van der Waals surface area contributed by atoms with Crippen LogP contribution < -0.4 is 20.1 Å². The Kier molecular flexibility index (Phi) is 7.14. The Morgan fingerprint density at radius 3 is 2.41 bits per heavy atom. The molecule has 2 aromatic carbocycles. The zero-order chi connectivity index (χ0) is 23.3. The van der Waals surface area contributed by atoms with E-state index in [1.807, 2.05) is 13.8 Å². The lowest BCUT2D eigenvalue weighted by Crippen LogP contribution is -2.45. The molecule has 0 aromatic heterocycles. The number of carbonyl (C=O) groups excluding carboxylic acids is 3. The third kappa shape index (κ3) is 5.26. The number of methoxy groups -OCH3 is 1. The number of hydrogen-bond acceptors (Lipinski definition) is 6. The van der Waals surface area contributed by atoms with Gasteiger partial charge in [0.2, 0.25) is 0 Å². The van der Waals surface area contributed by atoms with Crippen molar-refractivity contribution in [1.29, 1.82) is 0 Å². The van der Waals surface area contributed by atoms with Crippen molar-refractivity contribution in [2.75, 3.05) is 13.7 Å². The third-order valence-corrected chi connectivity index (χ3v) is 4.77. The molecule has 0 fully saturated rings. The molecule has 32 heavy (non-hydrogen) atoms. The Bertz CT molecular complexity index is 1050. The first-order chi connectivity index (χ1) is 15.3. The topological polar surface area (TPSA) is 103 Å². The minimum atomic E-state index is -0.754. The molecule has 0 bridgehead atoms. The molecule has 2 aromatic rings. The third-order valence-electron chi connectivity index (χ3n) is 4.77. The Labute approximate surface area is 186 Å². The van der Waals surface area contributed by atoms with E-state index in [4.69, 9.17) is 14.2 Å². The summed E-state index contributed by atoms with van der Waals surface area (Å²) in [6.07, 6.45) is 0. The van der Waals surface area contributed by atoms with Crippen LogP contribution >= 0.6 is 0 Å². The minimum absolute atomic E-state index is 0.170. The summed E-state index contributed by atoms with van der Waals surface area (Å²) in [4.78, 5) is 37.3. The van der Waals surface area contributed by atoms with Gasteiger partial charge in [-0.15, -0.1) is 0 Å². The number of rotatable bonds is 7. The smallest absolute Gasteiger partial charge is 0.343 e. The Balaban J connectivity index is 1.90. The second-order valence-electron chi connectivity index (χ2n) is 7.73. The number of nitrogens with one attached hydrogen (secondary N) is 2. The summed E-state index contributed by atoms with van der Waals surface area (Å²) in [5.74, 6) is -0.377. The highest BCUT2D eigenvalue weighted by Gasteiger charge is 2.33. The summed E-state index contributed by atoms with van der Waals surface area (Å²) >= 11 is 0. The first-order valence-corrected chi connectivity index (χ1v) is 10.2. The van der Waals surface area contributed by atoms with Crippen LogP contribution in [-0.2, 0) is 9.53 Å². The van der Waals surface area contributed by atoms with Crippen molar-refractivity contribution in [1.82, 2.24) is 10.6 Å². The average Bonchev–Trinajstić information content (AvgIpc) is 2.77. The van der Waals surface area contributed by atoms with Gasteiger partial charge in [-0.05, 0) is 42.7 Å². The van der Waals surface area contributed by atoms with E-state index in [0.717, 1.165) is 0 Å². The van der Waals surface area contributed by atoms with Crippen LogP contribution in [0.4, 0.5) is 4.79 Å².